The van der Waals surface area contributed by atoms with Crippen LogP contribution in [0.15, 0.2) is 23.6 Å². The van der Waals surface area contributed by atoms with Gasteiger partial charge in [0.2, 0.25) is 0 Å². The third-order valence-electron chi connectivity index (χ3n) is 2.61. The second kappa shape index (κ2) is 3.87. The lowest BCUT2D eigenvalue weighted by Crippen LogP contribution is -2.38. The summed E-state index contributed by atoms with van der Waals surface area (Å²) in [5.74, 6) is 0.220. The summed E-state index contributed by atoms with van der Waals surface area (Å²) in [5, 5.41) is 4.64. The summed E-state index contributed by atoms with van der Waals surface area (Å²) in [6.45, 7) is 0. The second-order valence-corrected chi connectivity index (χ2v) is 5.83. The minimum atomic E-state index is -2.91. The van der Waals surface area contributed by atoms with Crippen LogP contribution in [-0.4, -0.2) is 26.3 Å². The number of allylic oxidation sites excluding steroid dienone is 1. The van der Waals surface area contributed by atoms with E-state index in [1.807, 2.05) is 0 Å². The van der Waals surface area contributed by atoms with Crippen LogP contribution in [0.3, 0.4) is 0 Å². The van der Waals surface area contributed by atoms with E-state index in [4.69, 9.17) is 0 Å². The van der Waals surface area contributed by atoms with Gasteiger partial charge in [0.1, 0.15) is 0 Å². The van der Waals surface area contributed by atoms with Crippen molar-refractivity contribution in [1.29, 1.82) is 0 Å². The van der Waals surface area contributed by atoms with Crippen LogP contribution in [0.5, 0.6) is 0 Å². The highest BCUT2D eigenvalue weighted by Crippen LogP contribution is 2.14. The third-order valence-corrected chi connectivity index (χ3v) is 4.01. The molecule has 1 aliphatic carbocycles. The first-order valence-electron chi connectivity index (χ1n) is 4.99. The molecule has 1 aliphatic heterocycles. The van der Waals surface area contributed by atoms with Crippen LogP contribution in [-0.2, 0) is 9.84 Å². The summed E-state index contributed by atoms with van der Waals surface area (Å²) in [4.78, 5) is 0. The molecule has 0 radical (unpaired) electrons. The molecule has 3 nitrogen and oxygen atoms in total. The molecule has 0 aromatic carbocycles. The molecule has 0 fully saturated rings. The highest BCUT2D eigenvalue weighted by molar-refractivity contribution is 7.94. The van der Waals surface area contributed by atoms with Gasteiger partial charge in [-0.25, -0.2) is 8.42 Å². The van der Waals surface area contributed by atoms with Crippen molar-refractivity contribution >= 4 is 9.84 Å². The van der Waals surface area contributed by atoms with Crippen LogP contribution in [0, 0.1) is 0 Å². The lowest BCUT2D eigenvalue weighted by Gasteiger charge is -2.20. The molecule has 14 heavy (non-hydrogen) atoms. The quantitative estimate of drug-likeness (QED) is 0.696. The molecule has 0 aromatic heterocycles. The highest BCUT2D eigenvalue weighted by Gasteiger charge is 2.23. The topological polar surface area (TPSA) is 46.2 Å². The van der Waals surface area contributed by atoms with Crippen molar-refractivity contribution in [1.82, 2.24) is 5.32 Å². The molecule has 2 atom stereocenters. The molecular weight excluding hydrogens is 198 g/mol. The van der Waals surface area contributed by atoms with E-state index < -0.39 is 9.84 Å². The van der Waals surface area contributed by atoms with Gasteiger partial charge in [-0.2, -0.15) is 0 Å². The van der Waals surface area contributed by atoms with Gasteiger partial charge in [-0.3, -0.25) is 0 Å². The molecule has 78 valence electrons. The number of hydrogen-bond donors (Lipinski definition) is 1. The molecule has 0 saturated carbocycles. The largest absolute Gasteiger partial charge is 0.303 e. The third kappa shape index (κ3) is 2.45. The van der Waals surface area contributed by atoms with Crippen molar-refractivity contribution in [3.8, 4) is 0 Å². The number of nitrogens with one attached hydrogen (secondary N) is 1. The Morgan fingerprint density at radius 1 is 1.21 bits per heavy atom. The summed E-state index contributed by atoms with van der Waals surface area (Å²) in [5.41, 5.74) is 0. The summed E-state index contributed by atoms with van der Waals surface area (Å²) < 4.78 is 22.3. The fourth-order valence-electron chi connectivity index (χ4n) is 1.91. The van der Waals surface area contributed by atoms with Crippen molar-refractivity contribution < 1.29 is 8.42 Å². The Balaban J connectivity index is 1.90. The highest BCUT2D eigenvalue weighted by atomic mass is 32.2. The summed E-state index contributed by atoms with van der Waals surface area (Å²) in [7, 11) is -2.91. The van der Waals surface area contributed by atoms with Crippen LogP contribution in [0.4, 0.5) is 0 Å². The van der Waals surface area contributed by atoms with Gasteiger partial charge in [0.05, 0.1) is 5.75 Å². The average molecular weight is 213 g/mol. The van der Waals surface area contributed by atoms with Crippen molar-refractivity contribution in [3.05, 3.63) is 23.6 Å². The maximum Gasteiger partial charge on any atom is 0.173 e. The van der Waals surface area contributed by atoms with E-state index in [-0.39, 0.29) is 11.8 Å². The van der Waals surface area contributed by atoms with Crippen molar-refractivity contribution in [3.63, 3.8) is 0 Å². The maximum atomic E-state index is 11.1. The minimum Gasteiger partial charge on any atom is -0.303 e. The van der Waals surface area contributed by atoms with Crippen molar-refractivity contribution in [2.45, 2.75) is 31.3 Å². The molecule has 2 unspecified atom stereocenters. The predicted octanol–water partition coefficient (Wildman–Crippen LogP) is 0.995. The van der Waals surface area contributed by atoms with Gasteiger partial charge in [0.15, 0.2) is 9.84 Å². The lowest BCUT2D eigenvalue weighted by molar-refractivity contribution is 0.499. The fraction of sp³-hybridized carbons (Fsp3) is 0.600. The van der Waals surface area contributed by atoms with Crippen molar-refractivity contribution in [2.75, 3.05) is 5.75 Å². The minimum absolute atomic E-state index is 0.00718. The molecule has 2 rings (SSSR count). The Bertz CT molecular complexity index is 356. The smallest absolute Gasteiger partial charge is 0.173 e. The Labute approximate surface area is 84.8 Å². The van der Waals surface area contributed by atoms with E-state index in [0.29, 0.717) is 6.04 Å². The van der Waals surface area contributed by atoms with Crippen LogP contribution in [0.25, 0.3) is 0 Å². The van der Waals surface area contributed by atoms with E-state index in [2.05, 4.69) is 17.5 Å². The number of sulfone groups is 1. The van der Waals surface area contributed by atoms with Gasteiger partial charge in [-0.05, 0) is 19.3 Å². The van der Waals surface area contributed by atoms with Gasteiger partial charge in [0.25, 0.3) is 0 Å². The summed E-state index contributed by atoms with van der Waals surface area (Å²) in [6.07, 6.45) is 9.50. The zero-order valence-electron chi connectivity index (χ0n) is 8.02. The molecule has 1 N–H and O–H groups in total. The fourth-order valence-corrected chi connectivity index (χ4v) is 3.15. The molecule has 1 heterocycles. The van der Waals surface area contributed by atoms with Gasteiger partial charge >= 0.3 is 0 Å². The Kier molecular flexibility index (Phi) is 2.74. The van der Waals surface area contributed by atoms with Gasteiger partial charge < -0.3 is 5.32 Å². The van der Waals surface area contributed by atoms with E-state index in [0.717, 1.165) is 12.8 Å². The maximum absolute atomic E-state index is 11.1. The van der Waals surface area contributed by atoms with E-state index in [1.165, 1.54) is 11.8 Å². The molecule has 0 aromatic rings. The standard InChI is InChI=1S/C10H15NO2S/c12-14(13)7-6-10(8-14)11-9-4-2-1-3-5-9/h2,4,6-7,9-11H,1,3,5,8H2. The monoisotopic (exact) mass is 213 g/mol. The van der Waals surface area contributed by atoms with Gasteiger partial charge in [-0.1, -0.05) is 18.2 Å². The Morgan fingerprint density at radius 2 is 2.07 bits per heavy atom. The van der Waals surface area contributed by atoms with Gasteiger partial charge in [0, 0.05) is 17.5 Å². The normalized spacial score (nSPS) is 34.9. The van der Waals surface area contributed by atoms with Crippen LogP contribution in [0.1, 0.15) is 19.3 Å². The molecule has 0 bridgehead atoms. The Hall–Kier alpha value is -0.610. The molecular formula is C10H15NO2S. The second-order valence-electron chi connectivity index (χ2n) is 3.90. The molecule has 2 aliphatic rings. The first-order valence-corrected chi connectivity index (χ1v) is 6.71. The molecule has 0 amide bonds. The summed E-state index contributed by atoms with van der Waals surface area (Å²) >= 11 is 0. The SMILES string of the molecule is O=S1(=O)C=CC(NC2C=CCCC2)C1. The molecule has 4 heteroatoms. The lowest BCUT2D eigenvalue weighted by atomic mass is 10.0. The zero-order valence-corrected chi connectivity index (χ0v) is 8.83. The number of hydrogen-bond acceptors (Lipinski definition) is 3. The van der Waals surface area contributed by atoms with Gasteiger partial charge in [-0.15, -0.1) is 0 Å². The summed E-state index contributed by atoms with van der Waals surface area (Å²) in [6, 6.07) is 0.361. The average Bonchev–Trinajstić information content (AvgIpc) is 2.47. The van der Waals surface area contributed by atoms with Crippen LogP contribution in [0.2, 0.25) is 0 Å². The zero-order chi connectivity index (χ0) is 10.0. The number of rotatable bonds is 2. The predicted molar refractivity (Wildman–Crippen MR) is 56.6 cm³/mol. The molecule has 0 saturated heterocycles. The first kappa shape index (κ1) is 9.93. The van der Waals surface area contributed by atoms with E-state index in [9.17, 15) is 8.42 Å². The van der Waals surface area contributed by atoms with E-state index >= 15 is 0 Å². The van der Waals surface area contributed by atoms with Crippen LogP contribution < -0.4 is 5.32 Å². The molecule has 0 spiro atoms. The Morgan fingerprint density at radius 3 is 2.64 bits per heavy atom. The van der Waals surface area contributed by atoms with Crippen molar-refractivity contribution in [2.24, 2.45) is 0 Å². The van der Waals surface area contributed by atoms with E-state index in [1.54, 1.807) is 6.08 Å². The van der Waals surface area contributed by atoms with Crippen LogP contribution >= 0.6 is 0 Å². The first-order chi connectivity index (χ1) is 6.66.